The molecule has 2 aromatic rings. The lowest BCUT2D eigenvalue weighted by atomic mass is 9.53. The van der Waals surface area contributed by atoms with Crippen molar-refractivity contribution in [3.8, 4) is 0 Å². The number of rotatable bonds is 4. The second-order valence-electron chi connectivity index (χ2n) is 8.58. The fourth-order valence-electron chi connectivity index (χ4n) is 5.25. The van der Waals surface area contributed by atoms with Gasteiger partial charge in [0.1, 0.15) is 6.33 Å². The highest BCUT2D eigenvalue weighted by Gasteiger charge is 2.54. The predicted octanol–water partition coefficient (Wildman–Crippen LogP) is 5.16. The number of hydrogen-bond acceptors (Lipinski definition) is 4. The van der Waals surface area contributed by atoms with E-state index in [2.05, 4.69) is 9.97 Å². The smallest absolute Gasteiger partial charge is 0.261 e. The first-order chi connectivity index (χ1) is 14.9. The predicted molar refractivity (Wildman–Crippen MR) is 112 cm³/mol. The number of hydrogen-bond donors (Lipinski definition) is 0. The molecule has 6 rings (SSSR count). The summed E-state index contributed by atoms with van der Waals surface area (Å²) >= 11 is 0. The maximum atomic E-state index is 13.5. The largest absolute Gasteiger partial charge is 0.269 e. The van der Waals surface area contributed by atoms with Gasteiger partial charge in [-0.2, -0.15) is 0 Å². The zero-order chi connectivity index (χ0) is 22.2. The van der Waals surface area contributed by atoms with E-state index in [4.69, 9.17) is 0 Å². The Kier molecular flexibility index (Phi) is 5.62. The van der Waals surface area contributed by atoms with Crippen LogP contribution in [0, 0.1) is 5.41 Å². The molecule has 1 aromatic carbocycles. The van der Waals surface area contributed by atoms with Crippen LogP contribution in [-0.4, -0.2) is 33.1 Å². The molecule has 2 bridgehead atoms. The summed E-state index contributed by atoms with van der Waals surface area (Å²) in [7, 11) is 0. The Hall–Kier alpha value is -2.70. The van der Waals surface area contributed by atoms with E-state index in [1.807, 2.05) is 19.9 Å². The molecule has 7 heteroatoms. The van der Waals surface area contributed by atoms with E-state index in [1.54, 1.807) is 24.3 Å². The van der Waals surface area contributed by atoms with Crippen molar-refractivity contribution in [1.29, 1.82) is 0 Å². The summed E-state index contributed by atoms with van der Waals surface area (Å²) in [5.41, 5.74) is 1.24. The third-order valence-electron chi connectivity index (χ3n) is 7.23. The van der Waals surface area contributed by atoms with Crippen molar-refractivity contribution >= 4 is 11.8 Å². The van der Waals surface area contributed by atoms with Crippen LogP contribution in [0.2, 0.25) is 0 Å². The minimum absolute atomic E-state index is 0.0823. The Balaban J connectivity index is 0.00000112. The molecule has 3 fully saturated rings. The first kappa shape index (κ1) is 21.5. The van der Waals surface area contributed by atoms with E-state index >= 15 is 0 Å². The molecule has 0 spiro atoms. The van der Waals surface area contributed by atoms with Crippen LogP contribution < -0.4 is 0 Å². The normalized spacial score (nSPS) is 26.7. The van der Waals surface area contributed by atoms with E-state index in [1.165, 1.54) is 11.2 Å². The fraction of sp³-hybridized carbons (Fsp3) is 0.500. The van der Waals surface area contributed by atoms with E-state index in [0.29, 0.717) is 55.3 Å². The van der Waals surface area contributed by atoms with Gasteiger partial charge in [-0.15, -0.1) is 0 Å². The number of imide groups is 1. The first-order valence-electron chi connectivity index (χ1n) is 11.0. The van der Waals surface area contributed by atoms with Crippen molar-refractivity contribution in [3.63, 3.8) is 0 Å². The molecule has 3 aliphatic carbocycles. The lowest BCUT2D eigenvalue weighted by Gasteiger charge is -2.52. The third-order valence-corrected chi connectivity index (χ3v) is 7.23. The number of amides is 2. The number of benzene rings is 1. The van der Waals surface area contributed by atoms with Gasteiger partial charge in [0.05, 0.1) is 29.1 Å². The lowest BCUT2D eigenvalue weighted by Crippen LogP contribution is -2.47. The van der Waals surface area contributed by atoms with Crippen LogP contribution in [0.15, 0.2) is 36.7 Å². The van der Waals surface area contributed by atoms with Crippen LogP contribution in [0.1, 0.15) is 84.5 Å². The standard InChI is InChI=1S/C22H21F2N3O2.C2H6/c23-20(24)22-8-5-21(6-9-22,7-10-22)17-11-14(25-13-26-17)12-27-18(28)15-3-1-2-4-16(15)19(27)29;1-2/h1-4,11,13,20H,5-10,12H2;1-2H3. The molecule has 164 valence electrons. The highest BCUT2D eigenvalue weighted by molar-refractivity contribution is 6.21. The molecule has 3 saturated carbocycles. The molecular formula is C24H27F2N3O2. The van der Waals surface area contributed by atoms with Crippen LogP contribution in [-0.2, 0) is 12.0 Å². The third kappa shape index (κ3) is 3.44. The number of aromatic nitrogens is 2. The van der Waals surface area contributed by atoms with Crippen LogP contribution >= 0.6 is 0 Å². The van der Waals surface area contributed by atoms with E-state index in [-0.39, 0.29) is 23.8 Å². The second kappa shape index (κ2) is 8.09. The molecule has 0 saturated heterocycles. The van der Waals surface area contributed by atoms with Crippen molar-refractivity contribution < 1.29 is 18.4 Å². The van der Waals surface area contributed by atoms with Gasteiger partial charge in [-0.3, -0.25) is 14.5 Å². The maximum absolute atomic E-state index is 13.5. The Labute approximate surface area is 180 Å². The van der Waals surface area contributed by atoms with E-state index < -0.39 is 11.8 Å². The monoisotopic (exact) mass is 427 g/mol. The van der Waals surface area contributed by atoms with E-state index in [9.17, 15) is 18.4 Å². The van der Waals surface area contributed by atoms with Crippen molar-refractivity contribution in [2.75, 3.05) is 0 Å². The summed E-state index contributed by atoms with van der Waals surface area (Å²) in [6.45, 7) is 4.08. The number of fused-ring (bicyclic) bond motifs is 4. The van der Waals surface area contributed by atoms with Gasteiger partial charge >= 0.3 is 0 Å². The molecule has 4 aliphatic rings. The van der Waals surface area contributed by atoms with Gasteiger partial charge in [-0.05, 0) is 56.7 Å². The van der Waals surface area contributed by atoms with Gasteiger partial charge in [0.2, 0.25) is 6.43 Å². The molecule has 2 heterocycles. The summed E-state index contributed by atoms with van der Waals surface area (Å²) in [6.07, 6.45) is 2.83. The Morgan fingerprint density at radius 2 is 1.48 bits per heavy atom. The average Bonchev–Trinajstić information content (AvgIpc) is 3.07. The van der Waals surface area contributed by atoms with Gasteiger partial charge < -0.3 is 0 Å². The zero-order valence-corrected chi connectivity index (χ0v) is 17.9. The number of halogens is 2. The second-order valence-corrected chi connectivity index (χ2v) is 8.58. The number of carbonyl (C=O) groups is 2. The van der Waals surface area contributed by atoms with Crippen LogP contribution in [0.25, 0.3) is 0 Å². The first-order valence-corrected chi connectivity index (χ1v) is 11.0. The molecule has 1 aromatic heterocycles. The van der Waals surface area contributed by atoms with Crippen molar-refractivity contribution in [1.82, 2.24) is 14.9 Å². The summed E-state index contributed by atoms with van der Waals surface area (Å²) in [6, 6.07) is 8.63. The molecular weight excluding hydrogens is 400 g/mol. The molecule has 0 N–H and O–H groups in total. The number of alkyl halides is 2. The van der Waals surface area contributed by atoms with Crippen LogP contribution in [0.5, 0.6) is 0 Å². The highest BCUT2D eigenvalue weighted by atomic mass is 19.3. The highest BCUT2D eigenvalue weighted by Crippen LogP contribution is 2.59. The summed E-state index contributed by atoms with van der Waals surface area (Å²) in [4.78, 5) is 35.2. The zero-order valence-electron chi connectivity index (χ0n) is 17.9. The van der Waals surface area contributed by atoms with E-state index in [0.717, 1.165) is 5.69 Å². The van der Waals surface area contributed by atoms with Crippen LogP contribution in [0.4, 0.5) is 8.78 Å². The minimum atomic E-state index is -2.27. The van der Waals surface area contributed by atoms with Crippen molar-refractivity contribution in [3.05, 3.63) is 59.2 Å². The SMILES string of the molecule is CC.O=C1c2ccccc2C(=O)N1Cc1cc(C23CCC(C(F)F)(CC2)CC3)ncn1. The molecule has 0 radical (unpaired) electrons. The van der Waals surface area contributed by atoms with Gasteiger partial charge in [0.15, 0.2) is 0 Å². The molecule has 1 aliphatic heterocycles. The number of nitrogens with zero attached hydrogens (tertiary/aromatic N) is 3. The molecule has 5 nitrogen and oxygen atoms in total. The Bertz CT molecular complexity index is 948. The van der Waals surface area contributed by atoms with Gasteiger partial charge in [0, 0.05) is 10.8 Å². The average molecular weight is 427 g/mol. The summed E-state index contributed by atoms with van der Waals surface area (Å²) in [5.74, 6) is -0.637. The lowest BCUT2D eigenvalue weighted by molar-refractivity contribution is -0.0852. The topological polar surface area (TPSA) is 63.2 Å². The Morgan fingerprint density at radius 3 is 2.00 bits per heavy atom. The quantitative estimate of drug-likeness (QED) is 0.633. The van der Waals surface area contributed by atoms with Gasteiger partial charge in [-0.25, -0.2) is 18.7 Å². The summed E-state index contributed by atoms with van der Waals surface area (Å²) < 4.78 is 27.0. The molecule has 2 amide bonds. The maximum Gasteiger partial charge on any atom is 0.261 e. The summed E-state index contributed by atoms with van der Waals surface area (Å²) in [5, 5.41) is 0. The van der Waals surface area contributed by atoms with Gasteiger partial charge in [-0.1, -0.05) is 26.0 Å². The minimum Gasteiger partial charge on any atom is -0.269 e. The molecule has 0 atom stereocenters. The van der Waals surface area contributed by atoms with Crippen LogP contribution in [0.3, 0.4) is 0 Å². The van der Waals surface area contributed by atoms with Crippen molar-refractivity contribution in [2.45, 2.75) is 70.8 Å². The van der Waals surface area contributed by atoms with Gasteiger partial charge in [0.25, 0.3) is 11.8 Å². The Morgan fingerprint density at radius 1 is 0.935 bits per heavy atom. The molecule has 31 heavy (non-hydrogen) atoms. The van der Waals surface area contributed by atoms with Crippen molar-refractivity contribution in [2.24, 2.45) is 5.41 Å². The molecule has 0 unspecified atom stereocenters. The fourth-order valence-corrected chi connectivity index (χ4v) is 5.25. The number of carbonyl (C=O) groups excluding carboxylic acids is 2.